The fraction of sp³-hybridized carbons (Fsp3) is 0.667. The van der Waals surface area contributed by atoms with Crippen LogP contribution < -0.4 is 4.84 Å². The van der Waals surface area contributed by atoms with E-state index in [1.807, 2.05) is 11.3 Å². The second-order valence-electron chi connectivity index (χ2n) is 11.8. The van der Waals surface area contributed by atoms with Crippen molar-refractivity contribution < 1.29 is 9.68 Å². The van der Waals surface area contributed by atoms with Crippen molar-refractivity contribution in [2.24, 2.45) is 5.92 Å². The van der Waals surface area contributed by atoms with Crippen molar-refractivity contribution in [1.29, 1.82) is 0 Å². The Balaban J connectivity index is 1.06. The van der Waals surface area contributed by atoms with E-state index >= 15 is 0 Å². The predicted molar refractivity (Wildman–Crippen MR) is 146 cm³/mol. The molecule has 0 bridgehead atoms. The van der Waals surface area contributed by atoms with E-state index in [2.05, 4.69) is 47.5 Å². The van der Waals surface area contributed by atoms with Crippen LogP contribution >= 0.6 is 11.3 Å². The van der Waals surface area contributed by atoms with E-state index in [-0.39, 0.29) is 6.04 Å². The molecule has 1 saturated carbocycles. The SMILES string of the molecule is CON1Oc2c(ccc(C3CC3)c2CN(C)C)C1CCC1CCN(CC2CCCc3sccc32)CC1. The zero-order chi connectivity index (χ0) is 24.6. The van der Waals surface area contributed by atoms with Gasteiger partial charge in [0, 0.05) is 29.1 Å². The monoisotopic (exact) mass is 509 g/mol. The third-order valence-electron chi connectivity index (χ3n) is 9.00. The van der Waals surface area contributed by atoms with Crippen molar-refractivity contribution in [2.45, 2.75) is 82.2 Å². The molecule has 0 N–H and O–H groups in total. The molecule has 1 aromatic carbocycles. The molecule has 2 fully saturated rings. The first-order chi connectivity index (χ1) is 17.6. The summed E-state index contributed by atoms with van der Waals surface area (Å²) in [7, 11) is 6.04. The maximum atomic E-state index is 6.36. The molecule has 0 radical (unpaired) electrons. The number of rotatable bonds is 9. The third kappa shape index (κ3) is 5.12. The van der Waals surface area contributed by atoms with E-state index in [1.165, 1.54) is 87.7 Å². The first kappa shape index (κ1) is 24.9. The number of benzene rings is 1. The van der Waals surface area contributed by atoms with Crippen LogP contribution in [-0.2, 0) is 17.8 Å². The Morgan fingerprint density at radius 2 is 1.81 bits per heavy atom. The molecular formula is C30H43N3O2S. The van der Waals surface area contributed by atoms with Crippen LogP contribution in [0.1, 0.15) is 96.4 Å². The molecule has 2 aliphatic carbocycles. The Bertz CT molecular complexity index is 1040. The van der Waals surface area contributed by atoms with E-state index < -0.39 is 0 Å². The summed E-state index contributed by atoms with van der Waals surface area (Å²) >= 11 is 1.97. The summed E-state index contributed by atoms with van der Waals surface area (Å²) in [6, 6.07) is 7.30. The van der Waals surface area contributed by atoms with Crippen LogP contribution in [0.25, 0.3) is 0 Å². The maximum absolute atomic E-state index is 6.36. The highest BCUT2D eigenvalue weighted by Gasteiger charge is 2.38. The Labute approximate surface area is 221 Å². The number of aryl methyl sites for hydroxylation is 1. The smallest absolute Gasteiger partial charge is 0.160 e. The fourth-order valence-electron chi connectivity index (χ4n) is 6.91. The van der Waals surface area contributed by atoms with Crippen molar-refractivity contribution in [3.63, 3.8) is 0 Å². The lowest BCUT2D eigenvalue weighted by molar-refractivity contribution is -0.315. The molecule has 2 atom stereocenters. The van der Waals surface area contributed by atoms with Gasteiger partial charge in [-0.15, -0.1) is 11.3 Å². The number of fused-ring (bicyclic) bond motifs is 2. The van der Waals surface area contributed by atoms with Gasteiger partial charge in [0.1, 0.15) is 6.04 Å². The van der Waals surface area contributed by atoms with Crippen LogP contribution in [0.2, 0.25) is 0 Å². The van der Waals surface area contributed by atoms with Crippen molar-refractivity contribution in [2.75, 3.05) is 40.8 Å². The molecule has 6 heteroatoms. The Morgan fingerprint density at radius 3 is 2.56 bits per heavy atom. The van der Waals surface area contributed by atoms with Gasteiger partial charge in [-0.3, -0.25) is 4.84 Å². The topological polar surface area (TPSA) is 28.2 Å². The summed E-state index contributed by atoms with van der Waals surface area (Å²) in [4.78, 5) is 18.8. The summed E-state index contributed by atoms with van der Waals surface area (Å²) < 4.78 is 0. The lowest BCUT2D eigenvalue weighted by Gasteiger charge is -2.36. The fourth-order valence-corrected chi connectivity index (χ4v) is 7.93. The lowest BCUT2D eigenvalue weighted by Crippen LogP contribution is -2.37. The minimum atomic E-state index is 0.191. The van der Waals surface area contributed by atoms with Crippen LogP contribution in [-0.4, -0.2) is 55.9 Å². The van der Waals surface area contributed by atoms with Gasteiger partial charge in [0.05, 0.1) is 7.11 Å². The first-order valence-corrected chi connectivity index (χ1v) is 15.1. The molecule has 2 unspecified atom stereocenters. The standard InChI is InChI=1S/C30H43N3O2S/c1-31(2)20-27-24(22-8-9-22)10-11-26-28(33(34-3)35-30(26)27)12-7-21-13-16-32(17-14-21)19-23-5-4-6-29-25(23)15-18-36-29/h10-11,15,18,21-23,28H,4-9,12-14,16-17,19-20H2,1-3H3. The number of hydrogen-bond donors (Lipinski definition) is 0. The predicted octanol–water partition coefficient (Wildman–Crippen LogP) is 6.51. The second-order valence-corrected chi connectivity index (χ2v) is 12.8. The van der Waals surface area contributed by atoms with Gasteiger partial charge in [0.25, 0.3) is 0 Å². The first-order valence-electron chi connectivity index (χ1n) is 14.2. The summed E-state index contributed by atoms with van der Waals surface area (Å²) in [6.45, 7) is 4.69. The molecule has 5 nitrogen and oxygen atoms in total. The number of hydroxylamine groups is 2. The molecule has 1 aromatic heterocycles. The molecule has 3 heterocycles. The molecule has 0 amide bonds. The number of thiophene rings is 1. The van der Waals surface area contributed by atoms with Crippen LogP contribution in [0, 0.1) is 5.92 Å². The highest BCUT2D eigenvalue weighted by molar-refractivity contribution is 7.10. The van der Waals surface area contributed by atoms with Crippen LogP contribution in [0.4, 0.5) is 0 Å². The van der Waals surface area contributed by atoms with E-state index in [4.69, 9.17) is 9.68 Å². The van der Waals surface area contributed by atoms with E-state index in [9.17, 15) is 0 Å². The number of likely N-dealkylation sites (tertiary alicyclic amines) is 1. The molecule has 6 rings (SSSR count). The van der Waals surface area contributed by atoms with Crippen LogP contribution in [0.3, 0.4) is 0 Å². The number of piperidine rings is 1. The molecular weight excluding hydrogens is 466 g/mol. The number of nitrogens with zero attached hydrogens (tertiary/aromatic N) is 3. The zero-order valence-corrected chi connectivity index (χ0v) is 23.2. The largest absolute Gasteiger partial charge is 0.379 e. The molecule has 2 aliphatic heterocycles. The van der Waals surface area contributed by atoms with E-state index in [0.717, 1.165) is 30.6 Å². The summed E-state index contributed by atoms with van der Waals surface area (Å²) in [5.41, 5.74) is 5.83. The lowest BCUT2D eigenvalue weighted by atomic mass is 9.85. The van der Waals surface area contributed by atoms with Crippen molar-refractivity contribution >= 4 is 11.3 Å². The maximum Gasteiger partial charge on any atom is 0.160 e. The molecule has 2 aromatic rings. The van der Waals surface area contributed by atoms with Gasteiger partial charge >= 0.3 is 0 Å². The van der Waals surface area contributed by atoms with Gasteiger partial charge in [-0.05, 0) is 131 Å². The van der Waals surface area contributed by atoms with Gasteiger partial charge in [-0.25, -0.2) is 0 Å². The second kappa shape index (κ2) is 10.7. The molecule has 1 saturated heterocycles. The Morgan fingerprint density at radius 1 is 1.00 bits per heavy atom. The minimum absolute atomic E-state index is 0.191. The minimum Gasteiger partial charge on any atom is -0.379 e. The van der Waals surface area contributed by atoms with E-state index in [0.29, 0.717) is 5.92 Å². The highest BCUT2D eigenvalue weighted by atomic mass is 32.1. The molecule has 4 aliphatic rings. The van der Waals surface area contributed by atoms with Crippen LogP contribution in [0.15, 0.2) is 23.6 Å². The summed E-state index contributed by atoms with van der Waals surface area (Å²) in [5, 5.41) is 4.08. The Kier molecular flexibility index (Phi) is 7.42. The summed E-state index contributed by atoms with van der Waals surface area (Å²) in [5.74, 6) is 3.35. The van der Waals surface area contributed by atoms with Gasteiger partial charge in [0.15, 0.2) is 5.75 Å². The number of hydrogen-bond acceptors (Lipinski definition) is 6. The summed E-state index contributed by atoms with van der Waals surface area (Å²) in [6.07, 6.45) is 11.6. The van der Waals surface area contributed by atoms with Gasteiger partial charge in [0.2, 0.25) is 0 Å². The van der Waals surface area contributed by atoms with E-state index in [1.54, 1.807) is 22.8 Å². The molecule has 196 valence electrons. The normalized spacial score (nSPS) is 25.2. The van der Waals surface area contributed by atoms with Crippen molar-refractivity contribution in [3.8, 4) is 5.75 Å². The van der Waals surface area contributed by atoms with Gasteiger partial charge < -0.3 is 14.6 Å². The van der Waals surface area contributed by atoms with Crippen molar-refractivity contribution in [1.82, 2.24) is 15.0 Å². The molecule has 36 heavy (non-hydrogen) atoms. The van der Waals surface area contributed by atoms with Gasteiger partial charge in [-0.1, -0.05) is 12.1 Å². The zero-order valence-electron chi connectivity index (χ0n) is 22.4. The van der Waals surface area contributed by atoms with Gasteiger partial charge in [-0.2, -0.15) is 0 Å². The third-order valence-corrected chi connectivity index (χ3v) is 10.0. The average Bonchev–Trinajstić information content (AvgIpc) is 3.48. The van der Waals surface area contributed by atoms with Crippen molar-refractivity contribution in [3.05, 3.63) is 50.7 Å². The Hall–Kier alpha value is -1.44. The highest BCUT2D eigenvalue weighted by Crippen LogP contribution is 2.50. The molecule has 0 spiro atoms. The quantitative estimate of drug-likeness (QED) is 0.384. The van der Waals surface area contributed by atoms with Crippen LogP contribution in [0.5, 0.6) is 5.75 Å². The average molecular weight is 510 g/mol.